The molecular formula is C18H15BrN6O. The minimum atomic E-state index is -0.361. The minimum Gasteiger partial charge on any atom is -0.361 e. The normalized spacial score (nSPS) is 12.2. The topological polar surface area (TPSA) is 88.5 Å². The van der Waals surface area contributed by atoms with E-state index in [4.69, 9.17) is 0 Å². The van der Waals surface area contributed by atoms with Crippen LogP contribution in [0.5, 0.6) is 0 Å². The van der Waals surface area contributed by atoms with Crippen LogP contribution in [0.1, 0.15) is 29.1 Å². The lowest BCUT2D eigenvalue weighted by Crippen LogP contribution is -2.28. The van der Waals surface area contributed by atoms with Crippen LogP contribution in [0.4, 0.5) is 0 Å². The molecular weight excluding hydrogens is 396 g/mol. The number of fused-ring (bicyclic) bond motifs is 1. The molecule has 2 heterocycles. The van der Waals surface area contributed by atoms with Crippen LogP contribution in [-0.2, 0) is 0 Å². The molecule has 130 valence electrons. The van der Waals surface area contributed by atoms with Gasteiger partial charge in [0.05, 0.1) is 11.7 Å². The summed E-state index contributed by atoms with van der Waals surface area (Å²) in [6.45, 7) is 1.85. The van der Waals surface area contributed by atoms with Crippen LogP contribution in [0.15, 0.2) is 59.2 Å². The Morgan fingerprint density at radius 2 is 2.00 bits per heavy atom. The maximum atomic E-state index is 12.6. The number of amides is 1. The van der Waals surface area contributed by atoms with Crippen molar-refractivity contribution in [3.8, 4) is 5.69 Å². The zero-order chi connectivity index (χ0) is 18.1. The number of rotatable bonds is 4. The number of halogens is 1. The number of nitrogens with zero attached hydrogens (tertiary/aromatic N) is 4. The van der Waals surface area contributed by atoms with Crippen LogP contribution < -0.4 is 5.32 Å². The maximum Gasteiger partial charge on any atom is 0.251 e. The Labute approximate surface area is 157 Å². The van der Waals surface area contributed by atoms with Gasteiger partial charge in [-0.25, -0.2) is 0 Å². The van der Waals surface area contributed by atoms with Crippen LogP contribution in [0.25, 0.3) is 16.6 Å². The monoisotopic (exact) mass is 410 g/mol. The molecule has 0 radical (unpaired) electrons. The molecule has 0 aliphatic heterocycles. The first-order chi connectivity index (χ1) is 12.6. The van der Waals surface area contributed by atoms with Gasteiger partial charge in [0, 0.05) is 21.7 Å². The molecule has 1 unspecified atom stereocenters. The van der Waals surface area contributed by atoms with E-state index in [0.717, 1.165) is 21.1 Å². The second-order valence-electron chi connectivity index (χ2n) is 5.90. The Morgan fingerprint density at radius 1 is 1.19 bits per heavy atom. The van der Waals surface area contributed by atoms with E-state index in [9.17, 15) is 4.79 Å². The van der Waals surface area contributed by atoms with Crippen molar-refractivity contribution in [3.05, 3.63) is 70.6 Å². The molecule has 2 aromatic carbocycles. The molecule has 0 spiro atoms. The number of aromatic nitrogens is 5. The number of aromatic amines is 1. The zero-order valence-corrected chi connectivity index (χ0v) is 15.4. The van der Waals surface area contributed by atoms with Gasteiger partial charge in [-0.15, -0.1) is 5.10 Å². The summed E-state index contributed by atoms with van der Waals surface area (Å²) in [4.78, 5) is 15.7. The predicted molar refractivity (Wildman–Crippen MR) is 101 cm³/mol. The zero-order valence-electron chi connectivity index (χ0n) is 13.8. The summed E-state index contributed by atoms with van der Waals surface area (Å²) in [6, 6.07) is 14.8. The molecule has 2 N–H and O–H groups in total. The number of hydrogen-bond acceptors (Lipinski definition) is 4. The fraction of sp³-hybridized carbons (Fsp3) is 0.111. The van der Waals surface area contributed by atoms with E-state index >= 15 is 0 Å². The Hall–Kier alpha value is -3.00. The van der Waals surface area contributed by atoms with Crippen LogP contribution in [0.2, 0.25) is 0 Å². The van der Waals surface area contributed by atoms with Crippen molar-refractivity contribution >= 4 is 32.7 Å². The first-order valence-electron chi connectivity index (χ1n) is 8.04. The number of carbonyl (C=O) groups is 1. The summed E-state index contributed by atoms with van der Waals surface area (Å²) in [6.07, 6.45) is 1.85. The van der Waals surface area contributed by atoms with Crippen LogP contribution in [0.3, 0.4) is 0 Å². The third-order valence-corrected chi connectivity index (χ3v) is 4.65. The molecule has 4 rings (SSSR count). The minimum absolute atomic E-state index is 0.181. The third-order valence-electron chi connectivity index (χ3n) is 4.12. The van der Waals surface area contributed by atoms with Crippen molar-refractivity contribution < 1.29 is 4.79 Å². The van der Waals surface area contributed by atoms with Crippen molar-refractivity contribution in [1.82, 2.24) is 30.5 Å². The molecule has 8 heteroatoms. The highest BCUT2D eigenvalue weighted by atomic mass is 79.9. The number of nitrogens with one attached hydrogen (secondary N) is 2. The van der Waals surface area contributed by atoms with Gasteiger partial charge in [-0.1, -0.05) is 22.0 Å². The molecule has 0 bridgehead atoms. The van der Waals surface area contributed by atoms with E-state index in [-0.39, 0.29) is 11.9 Å². The highest BCUT2D eigenvalue weighted by molar-refractivity contribution is 9.10. The first kappa shape index (κ1) is 16.5. The fourth-order valence-corrected chi connectivity index (χ4v) is 3.03. The van der Waals surface area contributed by atoms with Gasteiger partial charge >= 0.3 is 0 Å². The Bertz CT molecular complexity index is 1070. The fourth-order valence-electron chi connectivity index (χ4n) is 2.76. The van der Waals surface area contributed by atoms with Crippen molar-refractivity contribution in [2.24, 2.45) is 0 Å². The van der Waals surface area contributed by atoms with E-state index in [0.29, 0.717) is 11.4 Å². The van der Waals surface area contributed by atoms with Gasteiger partial charge in [0.1, 0.15) is 0 Å². The van der Waals surface area contributed by atoms with E-state index < -0.39 is 0 Å². The number of H-pyrrole nitrogens is 1. The van der Waals surface area contributed by atoms with Gasteiger partial charge in [0.25, 0.3) is 5.91 Å². The van der Waals surface area contributed by atoms with Gasteiger partial charge in [-0.3, -0.25) is 4.79 Å². The molecule has 0 aliphatic carbocycles. The molecule has 0 saturated carbocycles. The lowest BCUT2D eigenvalue weighted by Gasteiger charge is -2.14. The smallest absolute Gasteiger partial charge is 0.251 e. The molecule has 1 atom stereocenters. The highest BCUT2D eigenvalue weighted by Gasteiger charge is 2.19. The second kappa shape index (κ2) is 6.72. The number of carbonyl (C=O) groups excluding carboxylic acids is 1. The van der Waals surface area contributed by atoms with Crippen molar-refractivity contribution in [2.45, 2.75) is 13.0 Å². The van der Waals surface area contributed by atoms with Gasteiger partial charge in [-0.05, 0) is 65.2 Å². The molecule has 0 fully saturated rings. The van der Waals surface area contributed by atoms with Crippen molar-refractivity contribution in [1.29, 1.82) is 0 Å². The van der Waals surface area contributed by atoms with Gasteiger partial charge in [0.15, 0.2) is 5.82 Å². The summed E-state index contributed by atoms with van der Waals surface area (Å²) in [5.74, 6) is 0.376. The standard InChI is InChI=1S/C18H15BrN6O/c1-11(17-22-23-24-25(17)15-6-4-14(19)5-7-15)21-18(26)13-3-2-12-8-9-20-16(12)10-13/h2-11,20H,1H3,(H,21,26). The number of tetrazole rings is 1. The molecule has 26 heavy (non-hydrogen) atoms. The molecule has 0 saturated heterocycles. The van der Waals surface area contributed by atoms with E-state index in [1.165, 1.54) is 0 Å². The average molecular weight is 411 g/mol. The highest BCUT2D eigenvalue weighted by Crippen LogP contribution is 2.18. The largest absolute Gasteiger partial charge is 0.361 e. The first-order valence-corrected chi connectivity index (χ1v) is 8.83. The lowest BCUT2D eigenvalue weighted by molar-refractivity contribution is 0.0938. The van der Waals surface area contributed by atoms with Crippen LogP contribution >= 0.6 is 15.9 Å². The van der Waals surface area contributed by atoms with Gasteiger partial charge < -0.3 is 10.3 Å². The Balaban J connectivity index is 1.56. The van der Waals surface area contributed by atoms with Crippen LogP contribution in [-0.4, -0.2) is 31.1 Å². The summed E-state index contributed by atoms with van der Waals surface area (Å²) >= 11 is 3.41. The quantitative estimate of drug-likeness (QED) is 0.539. The van der Waals surface area contributed by atoms with Gasteiger partial charge in [0.2, 0.25) is 0 Å². The summed E-state index contributed by atoms with van der Waals surface area (Å²) in [5.41, 5.74) is 2.32. The maximum absolute atomic E-state index is 12.6. The summed E-state index contributed by atoms with van der Waals surface area (Å²) in [5, 5.41) is 15.9. The van der Waals surface area contributed by atoms with Crippen LogP contribution in [0, 0.1) is 0 Å². The Morgan fingerprint density at radius 3 is 2.81 bits per heavy atom. The van der Waals surface area contributed by atoms with E-state index in [1.807, 2.05) is 55.6 Å². The van der Waals surface area contributed by atoms with Crippen molar-refractivity contribution in [2.75, 3.05) is 0 Å². The summed E-state index contributed by atoms with van der Waals surface area (Å²) in [7, 11) is 0. The Kier molecular flexibility index (Phi) is 4.26. The molecule has 0 aliphatic rings. The molecule has 7 nitrogen and oxygen atoms in total. The van der Waals surface area contributed by atoms with E-state index in [2.05, 4.69) is 41.8 Å². The molecule has 2 aromatic heterocycles. The van der Waals surface area contributed by atoms with E-state index in [1.54, 1.807) is 10.7 Å². The predicted octanol–water partition coefficient (Wildman–Crippen LogP) is 3.40. The molecule has 1 amide bonds. The second-order valence-corrected chi connectivity index (χ2v) is 6.82. The van der Waals surface area contributed by atoms with Crippen molar-refractivity contribution in [3.63, 3.8) is 0 Å². The van der Waals surface area contributed by atoms with Gasteiger partial charge in [-0.2, -0.15) is 4.68 Å². The molecule has 4 aromatic rings. The summed E-state index contributed by atoms with van der Waals surface area (Å²) < 4.78 is 2.59. The number of benzene rings is 2. The lowest BCUT2D eigenvalue weighted by atomic mass is 10.1. The number of hydrogen-bond donors (Lipinski definition) is 2. The SMILES string of the molecule is CC(NC(=O)c1ccc2cc[nH]c2c1)c1nnnn1-c1ccc(Br)cc1. The third kappa shape index (κ3) is 3.11. The average Bonchev–Trinajstić information content (AvgIpc) is 3.31.